The van der Waals surface area contributed by atoms with E-state index in [1.807, 2.05) is 44.2 Å². The fourth-order valence-corrected chi connectivity index (χ4v) is 1.99. The lowest BCUT2D eigenvalue weighted by atomic mass is 9.93. The van der Waals surface area contributed by atoms with Crippen LogP contribution in [0.2, 0.25) is 0 Å². The standard InChI is InChI=1S/C13H19N3O/c1-13(2,11-6-4-3-5-7-11)16-12(17)10-8-14-15-9-10/h3-7,10,14-15H,8-9H2,1-2H3,(H,16,17). The minimum Gasteiger partial charge on any atom is -0.347 e. The zero-order valence-electron chi connectivity index (χ0n) is 10.3. The van der Waals surface area contributed by atoms with Gasteiger partial charge in [-0.3, -0.25) is 15.6 Å². The maximum absolute atomic E-state index is 12.0. The number of carbonyl (C=O) groups excluding carboxylic acids is 1. The molecule has 17 heavy (non-hydrogen) atoms. The van der Waals surface area contributed by atoms with Crippen LogP contribution in [0.15, 0.2) is 30.3 Å². The Hall–Kier alpha value is -1.39. The summed E-state index contributed by atoms with van der Waals surface area (Å²) >= 11 is 0. The third kappa shape index (κ3) is 2.84. The van der Waals surface area contributed by atoms with Crippen molar-refractivity contribution >= 4 is 5.91 Å². The lowest BCUT2D eigenvalue weighted by Gasteiger charge is -2.28. The van der Waals surface area contributed by atoms with Crippen molar-refractivity contribution in [1.82, 2.24) is 16.2 Å². The van der Waals surface area contributed by atoms with Crippen LogP contribution in [-0.2, 0) is 10.3 Å². The molecular weight excluding hydrogens is 214 g/mol. The molecule has 1 aromatic rings. The van der Waals surface area contributed by atoms with Crippen molar-refractivity contribution in [2.24, 2.45) is 5.92 Å². The summed E-state index contributed by atoms with van der Waals surface area (Å²) in [5, 5.41) is 3.10. The van der Waals surface area contributed by atoms with Gasteiger partial charge in [0.2, 0.25) is 5.91 Å². The Balaban J connectivity index is 2.04. The number of hydrazine groups is 1. The van der Waals surface area contributed by atoms with Gasteiger partial charge in [0.15, 0.2) is 0 Å². The minimum absolute atomic E-state index is 0.0120. The molecule has 3 N–H and O–H groups in total. The molecular formula is C13H19N3O. The van der Waals surface area contributed by atoms with Gasteiger partial charge in [0.05, 0.1) is 11.5 Å². The van der Waals surface area contributed by atoms with Crippen molar-refractivity contribution in [3.05, 3.63) is 35.9 Å². The second kappa shape index (κ2) is 4.85. The zero-order chi connectivity index (χ0) is 12.3. The lowest BCUT2D eigenvalue weighted by Crippen LogP contribution is -2.45. The quantitative estimate of drug-likeness (QED) is 0.722. The Labute approximate surface area is 102 Å². The maximum Gasteiger partial charge on any atom is 0.226 e. The van der Waals surface area contributed by atoms with Gasteiger partial charge in [-0.2, -0.15) is 0 Å². The third-order valence-corrected chi connectivity index (χ3v) is 3.12. The zero-order valence-corrected chi connectivity index (χ0v) is 10.3. The van der Waals surface area contributed by atoms with Crippen molar-refractivity contribution in [3.63, 3.8) is 0 Å². The Morgan fingerprint density at radius 3 is 2.41 bits per heavy atom. The fraction of sp³-hybridized carbons (Fsp3) is 0.462. The second-order valence-corrected chi connectivity index (χ2v) is 4.94. The highest BCUT2D eigenvalue weighted by Crippen LogP contribution is 2.20. The highest BCUT2D eigenvalue weighted by Gasteiger charge is 2.28. The van der Waals surface area contributed by atoms with Crippen LogP contribution in [0.3, 0.4) is 0 Å². The summed E-state index contributed by atoms with van der Waals surface area (Å²) in [7, 11) is 0. The number of rotatable bonds is 3. The molecule has 0 saturated carbocycles. The number of benzene rings is 1. The van der Waals surface area contributed by atoms with E-state index in [-0.39, 0.29) is 17.4 Å². The Bertz CT molecular complexity index is 383. The van der Waals surface area contributed by atoms with Gasteiger partial charge in [0, 0.05) is 13.1 Å². The molecule has 1 aromatic carbocycles. The highest BCUT2D eigenvalue weighted by atomic mass is 16.2. The van der Waals surface area contributed by atoms with Crippen molar-refractivity contribution in [2.75, 3.05) is 13.1 Å². The Morgan fingerprint density at radius 1 is 1.24 bits per heavy atom. The van der Waals surface area contributed by atoms with E-state index in [0.29, 0.717) is 13.1 Å². The number of amides is 1. The van der Waals surface area contributed by atoms with Gasteiger partial charge in [-0.1, -0.05) is 30.3 Å². The van der Waals surface area contributed by atoms with E-state index in [1.54, 1.807) is 0 Å². The van der Waals surface area contributed by atoms with Crippen LogP contribution >= 0.6 is 0 Å². The molecule has 2 rings (SSSR count). The molecule has 4 nitrogen and oxygen atoms in total. The maximum atomic E-state index is 12.0. The van der Waals surface area contributed by atoms with Gasteiger partial charge < -0.3 is 5.32 Å². The van der Waals surface area contributed by atoms with E-state index in [2.05, 4.69) is 16.2 Å². The molecule has 0 radical (unpaired) electrons. The average molecular weight is 233 g/mol. The van der Waals surface area contributed by atoms with Gasteiger partial charge >= 0.3 is 0 Å². The third-order valence-electron chi connectivity index (χ3n) is 3.12. The molecule has 1 aliphatic heterocycles. The van der Waals surface area contributed by atoms with E-state index in [1.165, 1.54) is 0 Å². The van der Waals surface area contributed by atoms with Gasteiger partial charge in [0.25, 0.3) is 0 Å². The summed E-state index contributed by atoms with van der Waals surface area (Å²) in [4.78, 5) is 12.0. The normalized spacial score (nSPS) is 17.1. The summed E-state index contributed by atoms with van der Waals surface area (Å²) in [5.41, 5.74) is 6.72. The summed E-state index contributed by atoms with van der Waals surface area (Å²) < 4.78 is 0. The first-order valence-electron chi connectivity index (χ1n) is 5.93. The minimum atomic E-state index is -0.332. The largest absolute Gasteiger partial charge is 0.347 e. The molecule has 1 fully saturated rings. The molecule has 0 aromatic heterocycles. The number of hydrogen-bond donors (Lipinski definition) is 3. The molecule has 92 valence electrons. The van der Waals surface area contributed by atoms with Crippen molar-refractivity contribution in [1.29, 1.82) is 0 Å². The van der Waals surface area contributed by atoms with Crippen LogP contribution < -0.4 is 16.2 Å². The van der Waals surface area contributed by atoms with Crippen LogP contribution in [0.1, 0.15) is 19.4 Å². The predicted octanol–water partition coefficient (Wildman–Crippen LogP) is 0.762. The van der Waals surface area contributed by atoms with E-state index in [4.69, 9.17) is 0 Å². The predicted molar refractivity (Wildman–Crippen MR) is 67.1 cm³/mol. The molecule has 1 aliphatic rings. The van der Waals surface area contributed by atoms with E-state index < -0.39 is 0 Å². The molecule has 4 heteroatoms. The van der Waals surface area contributed by atoms with Crippen molar-refractivity contribution < 1.29 is 4.79 Å². The first-order valence-corrected chi connectivity index (χ1v) is 5.93. The summed E-state index contributed by atoms with van der Waals surface area (Å²) in [5.74, 6) is 0.106. The van der Waals surface area contributed by atoms with Gasteiger partial charge in [-0.15, -0.1) is 0 Å². The topological polar surface area (TPSA) is 53.2 Å². The van der Waals surface area contributed by atoms with Gasteiger partial charge in [-0.05, 0) is 19.4 Å². The highest BCUT2D eigenvalue weighted by molar-refractivity contribution is 5.80. The molecule has 1 heterocycles. The average Bonchev–Trinajstić information content (AvgIpc) is 2.83. The molecule has 0 aliphatic carbocycles. The molecule has 0 bridgehead atoms. The van der Waals surface area contributed by atoms with Gasteiger partial charge in [0.1, 0.15) is 0 Å². The first-order chi connectivity index (χ1) is 8.09. The molecule has 0 unspecified atom stereocenters. The Morgan fingerprint density at radius 2 is 1.82 bits per heavy atom. The fourth-order valence-electron chi connectivity index (χ4n) is 1.99. The van der Waals surface area contributed by atoms with Crippen LogP contribution in [0.5, 0.6) is 0 Å². The van der Waals surface area contributed by atoms with E-state index in [9.17, 15) is 4.79 Å². The summed E-state index contributed by atoms with van der Waals surface area (Å²) in [6, 6.07) is 10.0. The Kier molecular flexibility index (Phi) is 3.45. The van der Waals surface area contributed by atoms with E-state index in [0.717, 1.165) is 5.56 Å². The van der Waals surface area contributed by atoms with Crippen LogP contribution in [0.25, 0.3) is 0 Å². The number of hydrogen-bond acceptors (Lipinski definition) is 3. The van der Waals surface area contributed by atoms with Gasteiger partial charge in [-0.25, -0.2) is 0 Å². The molecule has 1 saturated heterocycles. The van der Waals surface area contributed by atoms with Crippen molar-refractivity contribution in [2.45, 2.75) is 19.4 Å². The molecule has 0 spiro atoms. The summed E-state index contributed by atoms with van der Waals surface area (Å²) in [6.45, 7) is 5.43. The van der Waals surface area contributed by atoms with Crippen LogP contribution in [0, 0.1) is 5.92 Å². The lowest BCUT2D eigenvalue weighted by molar-refractivity contribution is -0.125. The SMILES string of the molecule is CC(C)(NC(=O)C1CNNC1)c1ccccc1. The van der Waals surface area contributed by atoms with Crippen LogP contribution in [-0.4, -0.2) is 19.0 Å². The van der Waals surface area contributed by atoms with Crippen LogP contribution in [0.4, 0.5) is 0 Å². The summed E-state index contributed by atoms with van der Waals surface area (Å²) in [6.07, 6.45) is 0. The molecule has 0 atom stereocenters. The smallest absolute Gasteiger partial charge is 0.226 e. The first kappa shape index (κ1) is 12.1. The molecule has 1 amide bonds. The van der Waals surface area contributed by atoms with Crippen molar-refractivity contribution in [3.8, 4) is 0 Å². The van der Waals surface area contributed by atoms with E-state index >= 15 is 0 Å². The number of carbonyl (C=O) groups is 1. The second-order valence-electron chi connectivity index (χ2n) is 4.94. The number of nitrogens with one attached hydrogen (secondary N) is 3. The monoisotopic (exact) mass is 233 g/mol.